The summed E-state index contributed by atoms with van der Waals surface area (Å²) in [6.07, 6.45) is 10.7. The van der Waals surface area contributed by atoms with Crippen LogP contribution in [0.25, 0.3) is 76.8 Å². The summed E-state index contributed by atoms with van der Waals surface area (Å²) < 4.78 is 0. The van der Waals surface area contributed by atoms with E-state index in [0.717, 1.165) is 19.3 Å². The summed E-state index contributed by atoms with van der Waals surface area (Å²) >= 11 is 0. The summed E-state index contributed by atoms with van der Waals surface area (Å²) in [5.74, 6) is 0. The van der Waals surface area contributed by atoms with E-state index in [1.807, 2.05) is 0 Å². The number of hydrogen-bond acceptors (Lipinski definition) is 3. The molecule has 3 nitrogen and oxygen atoms in total. The number of fused-ring (bicyclic) bond motifs is 9. The van der Waals surface area contributed by atoms with Gasteiger partial charge in [0.1, 0.15) is 0 Å². The Labute approximate surface area is 541 Å². The van der Waals surface area contributed by atoms with E-state index in [4.69, 9.17) is 0 Å². The lowest BCUT2D eigenvalue weighted by Crippen LogP contribution is -2.64. The fraction of sp³-hybridized carbons (Fsp3) is 0.341. The highest BCUT2D eigenvalue weighted by atomic mass is 15.3. The molecule has 3 fully saturated rings. The van der Waals surface area contributed by atoms with Crippen LogP contribution in [0.3, 0.4) is 0 Å². The second kappa shape index (κ2) is 19.0. The molecule has 0 saturated heterocycles. The van der Waals surface area contributed by atoms with Crippen LogP contribution < -0.4 is 14.7 Å². The zero-order valence-corrected chi connectivity index (χ0v) is 55.9. The minimum absolute atomic E-state index is 0.0533. The highest BCUT2D eigenvalue weighted by molar-refractivity contribution is 6.32. The summed E-state index contributed by atoms with van der Waals surface area (Å²) in [6.45, 7) is 30.8. The maximum atomic E-state index is 2.76. The van der Waals surface area contributed by atoms with E-state index in [9.17, 15) is 0 Å². The normalized spacial score (nSPS) is 27.4. The van der Waals surface area contributed by atoms with Gasteiger partial charge in [0.15, 0.2) is 0 Å². The van der Waals surface area contributed by atoms with Gasteiger partial charge in [-0.25, -0.2) is 0 Å². The van der Waals surface area contributed by atoms with E-state index in [2.05, 4.69) is 310 Å². The molecule has 0 amide bonds. The predicted octanol–water partition coefficient (Wildman–Crippen LogP) is 24.4. The summed E-state index contributed by atoms with van der Waals surface area (Å²) in [7, 11) is 0. The third-order valence-corrected chi connectivity index (χ3v) is 27.4. The Balaban J connectivity index is 0.952. The molecule has 0 radical (unpaired) electrons. The molecule has 3 heteroatoms. The van der Waals surface area contributed by atoms with Gasteiger partial charge in [-0.15, -0.1) is 0 Å². The minimum Gasteiger partial charge on any atom is -0.334 e. The Morgan fingerprint density at radius 1 is 0.253 bits per heavy atom. The van der Waals surface area contributed by atoms with Gasteiger partial charge in [0.2, 0.25) is 0 Å². The van der Waals surface area contributed by atoms with Crippen molar-refractivity contribution >= 4 is 66.4 Å². The van der Waals surface area contributed by atoms with Crippen LogP contribution in [0.2, 0.25) is 0 Å². The van der Waals surface area contributed by atoms with Crippen LogP contribution in [0.1, 0.15) is 158 Å². The Morgan fingerprint density at radius 2 is 0.516 bits per heavy atom. The number of anilines is 6. The third-order valence-electron chi connectivity index (χ3n) is 27.4. The van der Waals surface area contributed by atoms with Crippen molar-refractivity contribution in [2.45, 2.75) is 174 Å². The maximum absolute atomic E-state index is 2.76. The highest BCUT2D eigenvalue weighted by Gasteiger charge is 2.67. The van der Waals surface area contributed by atoms with Crippen LogP contribution in [0.15, 0.2) is 212 Å². The average molecular weight is 1190 g/mol. The molecular formula is C88H89N3. The molecule has 6 aliphatic rings. The van der Waals surface area contributed by atoms with E-state index in [-0.39, 0.29) is 49.1 Å². The lowest BCUT2D eigenvalue weighted by molar-refractivity contribution is 0.0484. The zero-order valence-electron chi connectivity index (χ0n) is 55.9. The summed E-state index contributed by atoms with van der Waals surface area (Å²) in [5.41, 5.74) is 22.1. The molecule has 17 rings (SSSR count). The van der Waals surface area contributed by atoms with Crippen LogP contribution in [-0.2, 0) is 16.2 Å². The van der Waals surface area contributed by atoms with Crippen molar-refractivity contribution in [2.75, 3.05) is 14.7 Å². The molecule has 3 aliphatic carbocycles. The quantitative estimate of drug-likeness (QED) is 0.147. The van der Waals surface area contributed by atoms with Crippen molar-refractivity contribution in [3.05, 3.63) is 229 Å². The Morgan fingerprint density at radius 3 is 0.802 bits per heavy atom. The zero-order chi connectivity index (χ0) is 62.6. The second-order valence-electron chi connectivity index (χ2n) is 32.0. The van der Waals surface area contributed by atoms with Crippen LogP contribution in [-0.4, -0.2) is 16.6 Å². The maximum Gasteiger partial charge on any atom is 0.0568 e. The van der Waals surface area contributed by atoms with E-state index in [0.29, 0.717) is 0 Å². The van der Waals surface area contributed by atoms with Gasteiger partial charge in [0, 0.05) is 50.4 Å². The largest absolute Gasteiger partial charge is 0.334 e. The van der Waals surface area contributed by atoms with Gasteiger partial charge in [-0.1, -0.05) is 209 Å². The summed E-state index contributed by atoms with van der Waals surface area (Å²) in [4.78, 5) is 8.26. The molecule has 3 aliphatic heterocycles. The minimum atomic E-state index is -0.157. The Hall–Kier alpha value is -8.14. The number of hydrogen-bond donors (Lipinski definition) is 0. The fourth-order valence-electron chi connectivity index (χ4n) is 21.4. The molecule has 0 bridgehead atoms. The second-order valence-corrected chi connectivity index (χ2v) is 32.0. The summed E-state index contributed by atoms with van der Waals surface area (Å²) in [5, 5.41) is 7.95. The van der Waals surface area contributed by atoms with Gasteiger partial charge >= 0.3 is 0 Å². The first-order chi connectivity index (χ1) is 43.6. The Kier molecular flexibility index (Phi) is 11.9. The first kappa shape index (κ1) is 56.8. The van der Waals surface area contributed by atoms with Crippen LogP contribution in [0, 0.1) is 16.2 Å². The molecule has 0 N–H and O–H groups in total. The van der Waals surface area contributed by atoms with Crippen LogP contribution >= 0.6 is 0 Å². The molecule has 3 heterocycles. The monoisotopic (exact) mass is 1190 g/mol. The number of benzene rings is 11. The van der Waals surface area contributed by atoms with Crippen molar-refractivity contribution < 1.29 is 0 Å². The molecule has 11 aromatic rings. The number of nitrogens with zero attached hydrogens (tertiary/aromatic N) is 3. The van der Waals surface area contributed by atoms with Crippen LogP contribution in [0.4, 0.5) is 34.1 Å². The predicted molar refractivity (Wildman–Crippen MR) is 388 cm³/mol. The molecule has 91 heavy (non-hydrogen) atoms. The molecule has 11 aromatic carbocycles. The first-order valence-electron chi connectivity index (χ1n) is 34.5. The van der Waals surface area contributed by atoms with E-state index < -0.39 is 0 Å². The van der Waals surface area contributed by atoms with E-state index in [1.165, 1.54) is 166 Å². The number of para-hydroxylation sites is 3. The third kappa shape index (κ3) is 7.12. The lowest BCUT2D eigenvalue weighted by atomic mass is 9.51. The molecular weight excluding hydrogens is 1100 g/mol. The van der Waals surface area contributed by atoms with Crippen molar-refractivity contribution in [1.29, 1.82) is 0 Å². The topological polar surface area (TPSA) is 9.72 Å². The number of rotatable bonds is 7. The molecule has 0 spiro atoms. The lowest BCUT2D eigenvalue weighted by Gasteiger charge is -2.59. The average Bonchev–Trinajstić information content (AvgIpc) is 1.66. The van der Waals surface area contributed by atoms with Crippen molar-refractivity contribution in [3.8, 4) is 44.5 Å². The Bertz CT molecular complexity index is 4610. The van der Waals surface area contributed by atoms with E-state index in [1.54, 1.807) is 0 Å². The van der Waals surface area contributed by atoms with Crippen molar-refractivity contribution in [1.82, 2.24) is 0 Å². The van der Waals surface area contributed by atoms with Gasteiger partial charge < -0.3 is 14.7 Å². The van der Waals surface area contributed by atoms with E-state index >= 15 is 0 Å². The molecule has 3 saturated carbocycles. The molecule has 0 aromatic heterocycles. The van der Waals surface area contributed by atoms with Gasteiger partial charge in [-0.3, -0.25) is 0 Å². The molecule has 6 unspecified atom stereocenters. The van der Waals surface area contributed by atoms with Gasteiger partial charge in [0.05, 0.1) is 16.6 Å². The first-order valence-corrected chi connectivity index (χ1v) is 34.5. The van der Waals surface area contributed by atoms with Crippen molar-refractivity contribution in [2.24, 2.45) is 16.2 Å². The highest BCUT2D eigenvalue weighted by Crippen LogP contribution is 2.70. The molecule has 456 valence electrons. The molecule has 6 atom stereocenters. The smallest absolute Gasteiger partial charge is 0.0568 e. The standard InChI is InChI=1S/C88H89N3/c1-80(2)46-25-49-83(7)72-52-58(36-43-75(72)89(86(80,83)10)61-30-19-14-20-31-61)69-55-68(57-28-17-13-18-29-57)64-39-40-66-70(59-37-44-76-73(53-59)84(8)50-26-47-81(3,4)87(84,11)90(76)62-32-21-15-22-33-62)56-71(67-42-41-65(69)78(64)79(66)67)60-38-45-77-74(54-60)85(9)51-27-48-82(5,6)88(85,12)91(77)63-34-23-16-24-35-63/h13-24,28-45,52-56H,25-27,46-51H2,1-12H3. The van der Waals surface area contributed by atoms with Gasteiger partial charge in [0.25, 0.3) is 0 Å². The summed E-state index contributed by atoms with van der Waals surface area (Å²) in [6, 6.07) is 83.3. The van der Waals surface area contributed by atoms with Gasteiger partial charge in [-0.05, 0) is 254 Å². The van der Waals surface area contributed by atoms with Gasteiger partial charge in [-0.2, -0.15) is 0 Å². The fourth-order valence-corrected chi connectivity index (χ4v) is 21.4. The van der Waals surface area contributed by atoms with Crippen LogP contribution in [0.5, 0.6) is 0 Å². The SMILES string of the molecule is CC1(C)CCCC2(C)c3cc(-c4cc(-c5ccccc5)c5ccc6c(-c7ccc8c(c7)C7(C)CCCC(C)(C)C7(C)N8c7ccccc7)cc(-c7ccc8c(c7)C7(C)CCCC(C)(C)C7(C)N8c7ccccc7)c7ccc4c5c67)ccc3N(c3ccccc3)C12C. The van der Waals surface area contributed by atoms with Crippen molar-refractivity contribution in [3.63, 3.8) is 0 Å².